The predicted octanol–water partition coefficient (Wildman–Crippen LogP) is 0.322. The fourth-order valence-electron chi connectivity index (χ4n) is 2.94. The Morgan fingerprint density at radius 1 is 1.42 bits per heavy atom. The van der Waals surface area contributed by atoms with Crippen LogP contribution in [0.25, 0.3) is 0 Å². The number of ether oxygens (including phenoxy) is 1. The van der Waals surface area contributed by atoms with Crippen molar-refractivity contribution in [2.75, 3.05) is 38.8 Å². The number of rotatable bonds is 8. The van der Waals surface area contributed by atoms with Gasteiger partial charge in [0.25, 0.3) is 5.91 Å². The molecule has 0 aromatic heterocycles. The smallest absolute Gasteiger partial charge is 0.256 e. The molecule has 7 nitrogen and oxygen atoms in total. The van der Waals surface area contributed by atoms with Gasteiger partial charge >= 0.3 is 0 Å². The Bertz CT molecular complexity index is 756. The zero-order valence-electron chi connectivity index (χ0n) is 15.0. The van der Waals surface area contributed by atoms with E-state index in [1.54, 1.807) is 0 Å². The van der Waals surface area contributed by atoms with Crippen molar-refractivity contribution in [3.63, 3.8) is 0 Å². The van der Waals surface area contributed by atoms with Crippen molar-refractivity contribution in [1.82, 2.24) is 10.2 Å². The number of aliphatic hydroxyl groups is 1. The summed E-state index contributed by atoms with van der Waals surface area (Å²) in [5.74, 6) is -0.518. The van der Waals surface area contributed by atoms with E-state index in [9.17, 15) is 22.7 Å². The van der Waals surface area contributed by atoms with Crippen LogP contribution in [0.4, 0.5) is 4.39 Å². The number of sulfone groups is 1. The highest BCUT2D eigenvalue weighted by atomic mass is 32.2. The summed E-state index contributed by atoms with van der Waals surface area (Å²) in [6.45, 7) is 0.562. The number of hydrogen-bond donors (Lipinski definition) is 2. The molecule has 2 rings (SSSR count). The highest BCUT2D eigenvalue weighted by Crippen LogP contribution is 2.25. The second kappa shape index (κ2) is 8.32. The van der Waals surface area contributed by atoms with Crippen LogP contribution in [0.2, 0.25) is 0 Å². The average molecular weight is 388 g/mol. The molecule has 146 valence electrons. The molecule has 1 fully saturated rings. The first-order valence-corrected chi connectivity index (χ1v) is 10.4. The molecule has 1 amide bonds. The van der Waals surface area contributed by atoms with Crippen molar-refractivity contribution in [3.8, 4) is 5.75 Å². The molecule has 1 aromatic carbocycles. The largest absolute Gasteiger partial charge is 0.497 e. The topological polar surface area (TPSA) is 95.9 Å². The Hall–Kier alpha value is -1.71. The summed E-state index contributed by atoms with van der Waals surface area (Å²) < 4.78 is 41.4. The van der Waals surface area contributed by atoms with Crippen LogP contribution in [0.15, 0.2) is 18.2 Å². The molecule has 2 N–H and O–H groups in total. The van der Waals surface area contributed by atoms with Crippen LogP contribution in [-0.4, -0.2) is 68.7 Å². The minimum Gasteiger partial charge on any atom is -0.497 e. The Kier molecular flexibility index (Phi) is 6.59. The average Bonchev–Trinajstić information content (AvgIpc) is 2.57. The predicted molar refractivity (Wildman–Crippen MR) is 95.1 cm³/mol. The zero-order valence-corrected chi connectivity index (χ0v) is 15.8. The maximum Gasteiger partial charge on any atom is 0.256 e. The molecule has 1 aliphatic rings. The first kappa shape index (κ1) is 20.6. The number of piperidine rings is 1. The van der Waals surface area contributed by atoms with Crippen LogP contribution in [0.5, 0.6) is 5.75 Å². The SMILES string of the molecule is COc1ccc(F)c(CN2CCC[C@](O)(CNCCS(C)(=O)=O)C2=O)c1. The summed E-state index contributed by atoms with van der Waals surface area (Å²) in [6, 6.07) is 4.31. The van der Waals surface area contributed by atoms with Gasteiger partial charge in [-0.05, 0) is 31.0 Å². The van der Waals surface area contributed by atoms with Crippen molar-refractivity contribution in [2.24, 2.45) is 0 Å². The molecule has 9 heteroatoms. The molecule has 1 aliphatic heterocycles. The lowest BCUT2D eigenvalue weighted by Gasteiger charge is -2.38. The first-order chi connectivity index (χ1) is 12.1. The van der Waals surface area contributed by atoms with Crippen LogP contribution >= 0.6 is 0 Å². The van der Waals surface area contributed by atoms with Crippen LogP contribution < -0.4 is 10.1 Å². The monoisotopic (exact) mass is 388 g/mol. The lowest BCUT2D eigenvalue weighted by molar-refractivity contribution is -0.157. The third-order valence-corrected chi connectivity index (χ3v) is 5.33. The quantitative estimate of drug-likeness (QED) is 0.623. The normalized spacial score (nSPS) is 21.1. The molecular formula is C17H25FN2O5S. The molecule has 0 unspecified atom stereocenters. The van der Waals surface area contributed by atoms with Gasteiger partial charge in [0, 0.05) is 38.0 Å². The number of halogens is 1. The lowest BCUT2D eigenvalue weighted by atomic mass is 9.91. The van der Waals surface area contributed by atoms with Gasteiger partial charge in [-0.15, -0.1) is 0 Å². The molecule has 1 saturated heterocycles. The molecule has 1 aromatic rings. The number of likely N-dealkylation sites (tertiary alicyclic amines) is 1. The first-order valence-electron chi connectivity index (χ1n) is 8.37. The van der Waals surface area contributed by atoms with Gasteiger partial charge in [0.2, 0.25) is 0 Å². The number of carbonyl (C=O) groups excluding carboxylic acids is 1. The minimum absolute atomic E-state index is 0.0352. The molecule has 0 radical (unpaired) electrons. The van der Waals surface area contributed by atoms with E-state index in [0.717, 1.165) is 6.26 Å². The van der Waals surface area contributed by atoms with Gasteiger partial charge in [0.05, 0.1) is 12.9 Å². The lowest BCUT2D eigenvalue weighted by Crippen LogP contribution is -2.58. The van der Waals surface area contributed by atoms with Crippen LogP contribution in [0.3, 0.4) is 0 Å². The molecule has 0 bridgehead atoms. The fourth-order valence-corrected chi connectivity index (χ4v) is 3.45. The highest BCUT2D eigenvalue weighted by molar-refractivity contribution is 7.90. The number of methoxy groups -OCH3 is 1. The Morgan fingerprint density at radius 3 is 2.81 bits per heavy atom. The van der Waals surface area contributed by atoms with Gasteiger partial charge in [0.1, 0.15) is 21.4 Å². The number of hydrogen-bond acceptors (Lipinski definition) is 6. The summed E-state index contributed by atoms with van der Waals surface area (Å²) in [6.07, 6.45) is 1.97. The van der Waals surface area contributed by atoms with E-state index >= 15 is 0 Å². The summed E-state index contributed by atoms with van der Waals surface area (Å²) in [4.78, 5) is 14.1. The molecule has 26 heavy (non-hydrogen) atoms. The fraction of sp³-hybridized carbons (Fsp3) is 0.588. The molecule has 0 saturated carbocycles. The van der Waals surface area contributed by atoms with Crippen molar-refractivity contribution >= 4 is 15.7 Å². The van der Waals surface area contributed by atoms with Gasteiger partial charge in [-0.3, -0.25) is 4.79 Å². The van der Waals surface area contributed by atoms with E-state index in [0.29, 0.717) is 24.3 Å². The van der Waals surface area contributed by atoms with E-state index in [1.807, 2.05) is 0 Å². The maximum absolute atomic E-state index is 14.0. The van der Waals surface area contributed by atoms with Crippen molar-refractivity contribution in [2.45, 2.75) is 25.0 Å². The van der Waals surface area contributed by atoms with Crippen molar-refractivity contribution in [3.05, 3.63) is 29.6 Å². The van der Waals surface area contributed by atoms with Crippen LogP contribution in [0.1, 0.15) is 18.4 Å². The van der Waals surface area contributed by atoms with Gasteiger partial charge < -0.3 is 20.1 Å². The molecule has 1 atom stereocenters. The number of carbonyl (C=O) groups is 1. The van der Waals surface area contributed by atoms with Gasteiger partial charge in [-0.2, -0.15) is 0 Å². The summed E-state index contributed by atoms with van der Waals surface area (Å²) in [5.41, 5.74) is -1.31. The number of amides is 1. The second-order valence-electron chi connectivity index (χ2n) is 6.63. The van der Waals surface area contributed by atoms with E-state index in [1.165, 1.54) is 30.2 Å². The molecule has 0 spiro atoms. The van der Waals surface area contributed by atoms with E-state index in [2.05, 4.69) is 5.32 Å². The van der Waals surface area contributed by atoms with Crippen molar-refractivity contribution < 1.29 is 27.4 Å². The van der Waals surface area contributed by atoms with Gasteiger partial charge in [-0.1, -0.05) is 0 Å². The minimum atomic E-state index is -3.12. The highest BCUT2D eigenvalue weighted by Gasteiger charge is 2.41. The van der Waals surface area contributed by atoms with E-state index < -0.39 is 27.2 Å². The van der Waals surface area contributed by atoms with Gasteiger partial charge in [-0.25, -0.2) is 12.8 Å². The molecular weight excluding hydrogens is 363 g/mol. The summed E-state index contributed by atoms with van der Waals surface area (Å²) >= 11 is 0. The van der Waals surface area contributed by atoms with Crippen LogP contribution in [-0.2, 0) is 21.2 Å². The van der Waals surface area contributed by atoms with Crippen molar-refractivity contribution in [1.29, 1.82) is 0 Å². The number of nitrogens with zero attached hydrogens (tertiary/aromatic N) is 1. The van der Waals surface area contributed by atoms with E-state index in [4.69, 9.17) is 4.74 Å². The van der Waals surface area contributed by atoms with E-state index in [-0.39, 0.29) is 31.8 Å². The molecule has 0 aliphatic carbocycles. The standard InChI is InChI=1S/C17H25FN2O5S/c1-25-14-4-5-15(18)13(10-14)11-20-8-3-6-17(22,16(20)21)12-19-7-9-26(2,23)24/h4-5,10,19,22H,3,6-9,11-12H2,1-2H3/t17-/m0/s1. The number of benzene rings is 1. The Morgan fingerprint density at radius 2 is 2.15 bits per heavy atom. The maximum atomic E-state index is 14.0. The summed E-state index contributed by atoms with van der Waals surface area (Å²) in [5, 5.41) is 13.5. The Labute approximate surface area is 153 Å². The Balaban J connectivity index is 2.02. The molecule has 1 heterocycles. The summed E-state index contributed by atoms with van der Waals surface area (Å²) in [7, 11) is -1.64. The van der Waals surface area contributed by atoms with Crippen LogP contribution in [0, 0.1) is 5.82 Å². The van der Waals surface area contributed by atoms with Gasteiger partial charge in [0.15, 0.2) is 5.60 Å². The zero-order chi connectivity index (χ0) is 19.4. The second-order valence-corrected chi connectivity index (χ2v) is 8.89. The third kappa shape index (κ3) is 5.39. The third-order valence-electron chi connectivity index (χ3n) is 4.38. The number of nitrogens with one attached hydrogen (secondary N) is 1.